The molecule has 0 spiro atoms. The Morgan fingerprint density at radius 2 is 1.88 bits per heavy atom. The molecule has 88 valence electrons. The van der Waals surface area contributed by atoms with Crippen LogP contribution in [0.25, 0.3) is 11.4 Å². The minimum atomic E-state index is -0.164. The Morgan fingerprint density at radius 1 is 1.24 bits per heavy atom. The molecule has 0 fully saturated rings. The van der Waals surface area contributed by atoms with Gasteiger partial charge in [-0.15, -0.1) is 0 Å². The number of rotatable bonds is 2. The third kappa shape index (κ3) is 2.64. The van der Waals surface area contributed by atoms with Crippen molar-refractivity contribution in [2.75, 3.05) is 0 Å². The molecule has 0 bridgehead atoms. The average molecular weight is 293 g/mol. The predicted molar refractivity (Wildman–Crippen MR) is 72.1 cm³/mol. The molecule has 1 N–H and O–H groups in total. The van der Waals surface area contributed by atoms with Gasteiger partial charge in [0.25, 0.3) is 5.56 Å². The number of H-pyrrole nitrogens is 1. The first-order chi connectivity index (χ1) is 8.08. The number of hydrogen-bond donors (Lipinski definition) is 1. The number of aromatic nitrogens is 2. The topological polar surface area (TPSA) is 45.8 Å². The molecule has 0 saturated carbocycles. The monoisotopic (exact) mass is 292 g/mol. The van der Waals surface area contributed by atoms with E-state index in [0.717, 1.165) is 5.56 Å². The van der Waals surface area contributed by atoms with Crippen LogP contribution in [-0.2, 0) is 0 Å². The molecule has 3 nitrogen and oxygen atoms in total. The number of aromatic amines is 1. The highest BCUT2D eigenvalue weighted by Crippen LogP contribution is 2.19. The second kappa shape index (κ2) is 4.84. The molecule has 1 aromatic heterocycles. The number of benzene rings is 1. The fraction of sp³-hybridized carbons (Fsp3) is 0.231. The van der Waals surface area contributed by atoms with Gasteiger partial charge in [0.1, 0.15) is 10.3 Å². The fourth-order valence-corrected chi connectivity index (χ4v) is 1.75. The molecule has 0 saturated heterocycles. The van der Waals surface area contributed by atoms with E-state index in [1.807, 2.05) is 12.1 Å². The largest absolute Gasteiger partial charge is 0.306 e. The molecule has 0 aliphatic heterocycles. The summed E-state index contributed by atoms with van der Waals surface area (Å²) in [5.74, 6) is 1.09. The van der Waals surface area contributed by atoms with E-state index in [1.54, 1.807) is 0 Å². The lowest BCUT2D eigenvalue weighted by Crippen LogP contribution is -2.08. The van der Waals surface area contributed by atoms with E-state index in [9.17, 15) is 4.79 Å². The first-order valence-electron chi connectivity index (χ1n) is 5.43. The van der Waals surface area contributed by atoms with E-state index in [-0.39, 0.29) is 5.56 Å². The Morgan fingerprint density at radius 3 is 2.41 bits per heavy atom. The zero-order valence-corrected chi connectivity index (χ0v) is 11.3. The van der Waals surface area contributed by atoms with Gasteiger partial charge in [0.05, 0.1) is 0 Å². The first kappa shape index (κ1) is 12.0. The van der Waals surface area contributed by atoms with Crippen molar-refractivity contribution >= 4 is 15.9 Å². The third-order valence-electron chi connectivity index (χ3n) is 2.61. The van der Waals surface area contributed by atoms with Gasteiger partial charge in [-0.1, -0.05) is 38.1 Å². The standard InChI is InChI=1S/C13H13BrN2O/c1-8(2)9-3-5-10(6-4-9)12-15-7-11(14)13(17)16-12/h3-8H,1-2H3,(H,15,16,17). The molecular weight excluding hydrogens is 280 g/mol. The Balaban J connectivity index is 2.40. The van der Waals surface area contributed by atoms with Crippen molar-refractivity contribution in [3.05, 3.63) is 50.9 Å². The van der Waals surface area contributed by atoms with Crippen LogP contribution in [0.2, 0.25) is 0 Å². The second-order valence-corrected chi connectivity index (χ2v) is 5.04. The maximum Gasteiger partial charge on any atom is 0.265 e. The molecular formula is C13H13BrN2O. The van der Waals surface area contributed by atoms with E-state index in [4.69, 9.17) is 0 Å². The second-order valence-electron chi connectivity index (χ2n) is 4.19. The van der Waals surface area contributed by atoms with Crippen molar-refractivity contribution in [1.82, 2.24) is 9.97 Å². The van der Waals surface area contributed by atoms with Crippen LogP contribution < -0.4 is 5.56 Å². The molecule has 4 heteroatoms. The highest BCUT2D eigenvalue weighted by molar-refractivity contribution is 9.10. The van der Waals surface area contributed by atoms with Gasteiger partial charge >= 0.3 is 0 Å². The van der Waals surface area contributed by atoms with Crippen LogP contribution in [0.3, 0.4) is 0 Å². The van der Waals surface area contributed by atoms with Crippen molar-refractivity contribution < 1.29 is 0 Å². The van der Waals surface area contributed by atoms with Gasteiger partial charge in [-0.3, -0.25) is 4.79 Å². The van der Waals surface area contributed by atoms with Gasteiger partial charge in [-0.2, -0.15) is 0 Å². The minimum absolute atomic E-state index is 0.164. The highest BCUT2D eigenvalue weighted by Gasteiger charge is 2.04. The Labute approximate surface area is 108 Å². The van der Waals surface area contributed by atoms with E-state index in [1.165, 1.54) is 11.8 Å². The summed E-state index contributed by atoms with van der Waals surface area (Å²) in [4.78, 5) is 18.4. The predicted octanol–water partition coefficient (Wildman–Crippen LogP) is 3.32. The highest BCUT2D eigenvalue weighted by atomic mass is 79.9. The van der Waals surface area contributed by atoms with Crippen molar-refractivity contribution in [2.24, 2.45) is 0 Å². The maximum atomic E-state index is 11.4. The first-order valence-corrected chi connectivity index (χ1v) is 6.22. The Hall–Kier alpha value is -1.42. The van der Waals surface area contributed by atoms with E-state index < -0.39 is 0 Å². The van der Waals surface area contributed by atoms with Crippen LogP contribution in [-0.4, -0.2) is 9.97 Å². The van der Waals surface area contributed by atoms with Crippen molar-refractivity contribution in [1.29, 1.82) is 0 Å². The smallest absolute Gasteiger partial charge is 0.265 e. The normalized spacial score (nSPS) is 10.8. The molecule has 0 aliphatic rings. The van der Waals surface area contributed by atoms with Crippen LogP contribution in [0.1, 0.15) is 25.3 Å². The van der Waals surface area contributed by atoms with Crippen LogP contribution in [0.15, 0.2) is 39.7 Å². The van der Waals surface area contributed by atoms with Crippen LogP contribution in [0.5, 0.6) is 0 Å². The molecule has 0 radical (unpaired) electrons. The molecule has 1 heterocycles. The summed E-state index contributed by atoms with van der Waals surface area (Å²) in [6.07, 6.45) is 1.52. The number of nitrogens with zero attached hydrogens (tertiary/aromatic N) is 1. The third-order valence-corrected chi connectivity index (χ3v) is 3.17. The van der Waals surface area contributed by atoms with E-state index in [2.05, 4.69) is 51.9 Å². The molecule has 0 atom stereocenters. The zero-order valence-electron chi connectivity index (χ0n) is 9.70. The molecule has 17 heavy (non-hydrogen) atoms. The summed E-state index contributed by atoms with van der Waals surface area (Å²) in [6, 6.07) is 8.06. The number of nitrogens with one attached hydrogen (secondary N) is 1. The summed E-state index contributed by atoms with van der Waals surface area (Å²) in [5, 5.41) is 0. The molecule has 2 aromatic rings. The molecule has 0 unspecified atom stereocenters. The summed E-state index contributed by atoms with van der Waals surface area (Å²) in [6.45, 7) is 4.30. The number of hydrogen-bond acceptors (Lipinski definition) is 2. The average Bonchev–Trinajstić information content (AvgIpc) is 2.33. The zero-order chi connectivity index (χ0) is 12.4. The van der Waals surface area contributed by atoms with E-state index >= 15 is 0 Å². The molecule has 0 amide bonds. The lowest BCUT2D eigenvalue weighted by Gasteiger charge is -2.06. The lowest BCUT2D eigenvalue weighted by atomic mass is 10.0. The number of halogens is 1. The molecule has 1 aromatic carbocycles. The summed E-state index contributed by atoms with van der Waals surface area (Å²) in [5.41, 5.74) is 2.02. The molecule has 2 rings (SSSR count). The van der Waals surface area contributed by atoms with Crippen LogP contribution in [0.4, 0.5) is 0 Å². The minimum Gasteiger partial charge on any atom is -0.306 e. The maximum absolute atomic E-state index is 11.4. The van der Waals surface area contributed by atoms with E-state index in [0.29, 0.717) is 16.2 Å². The quantitative estimate of drug-likeness (QED) is 0.923. The summed E-state index contributed by atoms with van der Waals surface area (Å²) >= 11 is 3.13. The van der Waals surface area contributed by atoms with Gasteiger partial charge in [0.2, 0.25) is 0 Å². The molecule has 0 aliphatic carbocycles. The van der Waals surface area contributed by atoms with Crippen molar-refractivity contribution in [3.8, 4) is 11.4 Å². The van der Waals surface area contributed by atoms with Crippen molar-refractivity contribution in [3.63, 3.8) is 0 Å². The van der Waals surface area contributed by atoms with Gasteiger partial charge in [0, 0.05) is 11.8 Å². The van der Waals surface area contributed by atoms with Crippen LogP contribution >= 0.6 is 15.9 Å². The Kier molecular flexibility index (Phi) is 3.43. The van der Waals surface area contributed by atoms with Gasteiger partial charge in [0.15, 0.2) is 0 Å². The summed E-state index contributed by atoms with van der Waals surface area (Å²) < 4.78 is 0.444. The van der Waals surface area contributed by atoms with Gasteiger partial charge in [-0.05, 0) is 27.4 Å². The van der Waals surface area contributed by atoms with Gasteiger partial charge < -0.3 is 4.98 Å². The van der Waals surface area contributed by atoms with Gasteiger partial charge in [-0.25, -0.2) is 4.98 Å². The van der Waals surface area contributed by atoms with Crippen LogP contribution in [0, 0.1) is 0 Å². The van der Waals surface area contributed by atoms with Crippen molar-refractivity contribution in [2.45, 2.75) is 19.8 Å². The Bertz CT molecular complexity index is 573. The summed E-state index contributed by atoms with van der Waals surface area (Å²) in [7, 11) is 0. The SMILES string of the molecule is CC(C)c1ccc(-c2ncc(Br)c(=O)[nH]2)cc1. The fourth-order valence-electron chi connectivity index (χ4n) is 1.55. The lowest BCUT2D eigenvalue weighted by molar-refractivity contribution is 0.867.